The Labute approximate surface area is 111 Å². The summed E-state index contributed by atoms with van der Waals surface area (Å²) in [4.78, 5) is 9.81. The lowest BCUT2D eigenvalue weighted by Gasteiger charge is -2.14. The molecular formula is C13H16FN5. The summed E-state index contributed by atoms with van der Waals surface area (Å²) < 4.78 is 13.6. The zero-order valence-corrected chi connectivity index (χ0v) is 11.1. The van der Waals surface area contributed by atoms with Crippen molar-refractivity contribution in [2.75, 3.05) is 36.7 Å². The molecule has 1 aromatic heterocycles. The molecule has 5 nitrogen and oxygen atoms in total. The van der Waals surface area contributed by atoms with E-state index in [1.165, 1.54) is 0 Å². The molecule has 0 unspecified atom stereocenters. The maximum atomic E-state index is 13.6. The Morgan fingerprint density at radius 3 is 2.74 bits per heavy atom. The van der Waals surface area contributed by atoms with Crippen LogP contribution in [-0.2, 0) is 0 Å². The SMILES string of the molecule is CNc1ncc(F)c(Nc2cccc(N(C)C)c2)n1. The summed E-state index contributed by atoms with van der Waals surface area (Å²) in [6.45, 7) is 0. The van der Waals surface area contributed by atoms with Gasteiger partial charge in [0, 0.05) is 32.5 Å². The molecule has 0 aliphatic heterocycles. The minimum absolute atomic E-state index is 0.148. The van der Waals surface area contributed by atoms with Gasteiger partial charge in [-0.1, -0.05) is 6.07 Å². The summed E-state index contributed by atoms with van der Waals surface area (Å²) in [6, 6.07) is 7.64. The van der Waals surface area contributed by atoms with Gasteiger partial charge >= 0.3 is 0 Å². The van der Waals surface area contributed by atoms with Gasteiger partial charge < -0.3 is 15.5 Å². The molecule has 0 aliphatic rings. The lowest BCUT2D eigenvalue weighted by molar-refractivity contribution is 0.619. The number of aromatic nitrogens is 2. The van der Waals surface area contributed by atoms with E-state index in [0.717, 1.165) is 17.6 Å². The van der Waals surface area contributed by atoms with Crippen molar-refractivity contribution in [3.05, 3.63) is 36.3 Å². The van der Waals surface area contributed by atoms with Gasteiger partial charge in [-0.3, -0.25) is 0 Å². The highest BCUT2D eigenvalue weighted by Crippen LogP contribution is 2.22. The van der Waals surface area contributed by atoms with Gasteiger partial charge in [-0.05, 0) is 18.2 Å². The van der Waals surface area contributed by atoms with Gasteiger partial charge in [0.05, 0.1) is 6.20 Å². The highest BCUT2D eigenvalue weighted by molar-refractivity contribution is 5.63. The number of anilines is 4. The molecule has 0 saturated carbocycles. The first-order valence-corrected chi connectivity index (χ1v) is 5.85. The zero-order valence-electron chi connectivity index (χ0n) is 11.1. The average molecular weight is 261 g/mol. The Morgan fingerprint density at radius 1 is 1.26 bits per heavy atom. The Morgan fingerprint density at radius 2 is 2.05 bits per heavy atom. The van der Waals surface area contributed by atoms with Crippen LogP contribution in [-0.4, -0.2) is 31.1 Å². The highest BCUT2D eigenvalue weighted by atomic mass is 19.1. The van der Waals surface area contributed by atoms with Crippen LogP contribution >= 0.6 is 0 Å². The molecule has 0 radical (unpaired) electrons. The maximum Gasteiger partial charge on any atom is 0.224 e. The second kappa shape index (κ2) is 5.51. The fraction of sp³-hybridized carbons (Fsp3) is 0.231. The largest absolute Gasteiger partial charge is 0.378 e. The van der Waals surface area contributed by atoms with E-state index >= 15 is 0 Å². The van der Waals surface area contributed by atoms with Crippen LogP contribution in [0.1, 0.15) is 0 Å². The van der Waals surface area contributed by atoms with Crippen LogP contribution in [0.15, 0.2) is 30.5 Å². The summed E-state index contributed by atoms with van der Waals surface area (Å²) in [5.74, 6) is 0.0252. The number of hydrogen-bond donors (Lipinski definition) is 2. The van der Waals surface area contributed by atoms with Crippen molar-refractivity contribution < 1.29 is 4.39 Å². The van der Waals surface area contributed by atoms with E-state index in [-0.39, 0.29) is 5.82 Å². The monoisotopic (exact) mass is 261 g/mol. The van der Waals surface area contributed by atoms with Crippen molar-refractivity contribution in [1.29, 1.82) is 0 Å². The number of nitrogens with zero attached hydrogens (tertiary/aromatic N) is 3. The fourth-order valence-electron chi connectivity index (χ4n) is 1.57. The van der Waals surface area contributed by atoms with E-state index in [0.29, 0.717) is 5.95 Å². The second-order valence-corrected chi connectivity index (χ2v) is 4.21. The van der Waals surface area contributed by atoms with Crippen LogP contribution in [0.4, 0.5) is 27.5 Å². The third-order valence-electron chi connectivity index (χ3n) is 2.59. The number of halogens is 1. The maximum absolute atomic E-state index is 13.6. The van der Waals surface area contributed by atoms with E-state index in [1.54, 1.807) is 7.05 Å². The molecule has 0 amide bonds. The van der Waals surface area contributed by atoms with Gasteiger partial charge in [0.2, 0.25) is 5.95 Å². The topological polar surface area (TPSA) is 53.1 Å². The molecule has 19 heavy (non-hydrogen) atoms. The average Bonchev–Trinajstić information content (AvgIpc) is 2.41. The molecule has 100 valence electrons. The Hall–Kier alpha value is -2.37. The second-order valence-electron chi connectivity index (χ2n) is 4.21. The zero-order chi connectivity index (χ0) is 13.8. The summed E-state index contributed by atoms with van der Waals surface area (Å²) in [6.07, 6.45) is 1.14. The molecule has 2 aromatic rings. The lowest BCUT2D eigenvalue weighted by Crippen LogP contribution is -2.09. The predicted octanol–water partition coefficient (Wildman–Crippen LogP) is 2.47. The first-order chi connectivity index (χ1) is 9.10. The standard InChI is InChI=1S/C13H16FN5/c1-15-13-16-8-11(14)12(18-13)17-9-5-4-6-10(7-9)19(2)3/h4-8H,1-3H3,(H2,15,16,17,18). The van der Waals surface area contributed by atoms with Gasteiger partial charge in [-0.25, -0.2) is 9.37 Å². The van der Waals surface area contributed by atoms with Crippen LogP contribution in [0.25, 0.3) is 0 Å². The van der Waals surface area contributed by atoms with Gasteiger partial charge in [-0.15, -0.1) is 0 Å². The first kappa shape index (κ1) is 13.1. The van der Waals surface area contributed by atoms with Crippen LogP contribution in [0.5, 0.6) is 0 Å². The van der Waals surface area contributed by atoms with Crippen LogP contribution < -0.4 is 15.5 Å². The molecular weight excluding hydrogens is 245 g/mol. The van der Waals surface area contributed by atoms with Crippen molar-refractivity contribution in [3.63, 3.8) is 0 Å². The number of nitrogens with one attached hydrogen (secondary N) is 2. The molecule has 0 fully saturated rings. The van der Waals surface area contributed by atoms with Crippen LogP contribution in [0.2, 0.25) is 0 Å². The molecule has 1 aromatic carbocycles. The minimum atomic E-state index is -0.491. The van der Waals surface area contributed by atoms with Crippen molar-refractivity contribution >= 4 is 23.1 Å². The molecule has 0 spiro atoms. The summed E-state index contributed by atoms with van der Waals surface area (Å²) in [5.41, 5.74) is 1.79. The molecule has 0 atom stereocenters. The summed E-state index contributed by atoms with van der Waals surface area (Å²) >= 11 is 0. The van der Waals surface area contributed by atoms with Crippen molar-refractivity contribution in [2.24, 2.45) is 0 Å². The normalized spacial score (nSPS) is 10.1. The molecule has 0 saturated heterocycles. The smallest absolute Gasteiger partial charge is 0.224 e. The van der Waals surface area contributed by atoms with E-state index in [4.69, 9.17) is 0 Å². The van der Waals surface area contributed by atoms with E-state index in [1.807, 2.05) is 43.3 Å². The lowest BCUT2D eigenvalue weighted by atomic mass is 10.2. The molecule has 1 heterocycles. The fourth-order valence-corrected chi connectivity index (χ4v) is 1.57. The quantitative estimate of drug-likeness (QED) is 0.885. The van der Waals surface area contributed by atoms with Gasteiger partial charge in [0.25, 0.3) is 0 Å². The molecule has 0 aliphatic carbocycles. The predicted molar refractivity (Wildman–Crippen MR) is 75.6 cm³/mol. The minimum Gasteiger partial charge on any atom is -0.378 e. The van der Waals surface area contributed by atoms with E-state index in [2.05, 4.69) is 20.6 Å². The van der Waals surface area contributed by atoms with Crippen molar-refractivity contribution in [2.45, 2.75) is 0 Å². The molecule has 0 bridgehead atoms. The Kier molecular flexibility index (Phi) is 3.79. The number of rotatable bonds is 4. The third kappa shape index (κ3) is 3.09. The van der Waals surface area contributed by atoms with Crippen molar-refractivity contribution in [3.8, 4) is 0 Å². The first-order valence-electron chi connectivity index (χ1n) is 5.85. The number of hydrogen-bond acceptors (Lipinski definition) is 5. The van der Waals surface area contributed by atoms with Crippen molar-refractivity contribution in [1.82, 2.24) is 9.97 Å². The summed E-state index contributed by atoms with van der Waals surface area (Å²) in [7, 11) is 5.58. The molecule has 2 rings (SSSR count). The van der Waals surface area contributed by atoms with Gasteiger partial charge in [-0.2, -0.15) is 4.98 Å². The van der Waals surface area contributed by atoms with Crippen LogP contribution in [0.3, 0.4) is 0 Å². The van der Waals surface area contributed by atoms with E-state index < -0.39 is 5.82 Å². The van der Waals surface area contributed by atoms with E-state index in [9.17, 15) is 4.39 Å². The Bertz CT molecular complexity index is 571. The highest BCUT2D eigenvalue weighted by Gasteiger charge is 2.07. The molecule has 2 N–H and O–H groups in total. The number of benzene rings is 1. The van der Waals surface area contributed by atoms with Gasteiger partial charge in [0.1, 0.15) is 0 Å². The van der Waals surface area contributed by atoms with Crippen LogP contribution in [0, 0.1) is 5.82 Å². The molecule has 6 heteroatoms. The third-order valence-corrected chi connectivity index (χ3v) is 2.59. The summed E-state index contributed by atoms with van der Waals surface area (Å²) in [5, 5.41) is 5.72. The van der Waals surface area contributed by atoms with Gasteiger partial charge in [0.15, 0.2) is 11.6 Å². The Balaban J connectivity index is 2.28.